The number of ether oxygens (including phenoxy) is 1. The van der Waals surface area contributed by atoms with Gasteiger partial charge in [-0.05, 0) is 37.9 Å². The highest BCUT2D eigenvalue weighted by molar-refractivity contribution is 5.76. The van der Waals surface area contributed by atoms with Gasteiger partial charge in [-0.1, -0.05) is 0 Å². The van der Waals surface area contributed by atoms with E-state index in [0.717, 1.165) is 18.5 Å². The lowest BCUT2D eigenvalue weighted by molar-refractivity contribution is 0.241. The Hall–Kier alpha value is -2.81. The fourth-order valence-corrected chi connectivity index (χ4v) is 3.75. The molecule has 3 aromatic rings. The summed E-state index contributed by atoms with van der Waals surface area (Å²) in [6.45, 7) is 1.15. The van der Waals surface area contributed by atoms with Crippen molar-refractivity contribution in [2.75, 3.05) is 25.5 Å². The number of piperidine rings is 1. The number of halogens is 2. The van der Waals surface area contributed by atoms with Crippen molar-refractivity contribution in [2.45, 2.75) is 37.4 Å². The van der Waals surface area contributed by atoms with Gasteiger partial charge in [0.05, 0.1) is 36.8 Å². The summed E-state index contributed by atoms with van der Waals surface area (Å²) in [6, 6.07) is 2.46. The van der Waals surface area contributed by atoms with Crippen LogP contribution in [0.4, 0.5) is 14.6 Å². The Kier molecular flexibility index (Phi) is 4.54. The first kappa shape index (κ1) is 18.2. The highest BCUT2D eigenvalue weighted by atomic mass is 19.1. The van der Waals surface area contributed by atoms with Gasteiger partial charge >= 0.3 is 0 Å². The second-order valence-corrected chi connectivity index (χ2v) is 7.58. The average Bonchev–Trinajstić information content (AvgIpc) is 3.50. The van der Waals surface area contributed by atoms with E-state index >= 15 is 0 Å². The molecule has 1 saturated carbocycles. The molecule has 7 nitrogen and oxygen atoms in total. The number of fused-ring (bicyclic) bond motifs is 1. The van der Waals surface area contributed by atoms with Crippen LogP contribution in [0.15, 0.2) is 24.5 Å². The zero-order valence-electron chi connectivity index (χ0n) is 16.0. The first-order valence-electron chi connectivity index (χ1n) is 9.84. The Morgan fingerprint density at radius 1 is 1.24 bits per heavy atom. The molecule has 29 heavy (non-hydrogen) atoms. The van der Waals surface area contributed by atoms with Crippen molar-refractivity contribution in [3.05, 3.63) is 36.0 Å². The maximum absolute atomic E-state index is 14.7. The van der Waals surface area contributed by atoms with E-state index < -0.39 is 18.0 Å². The van der Waals surface area contributed by atoms with E-state index in [0.29, 0.717) is 48.2 Å². The van der Waals surface area contributed by atoms with Crippen molar-refractivity contribution < 1.29 is 13.5 Å². The number of nitrogens with zero attached hydrogens (tertiary/aromatic N) is 4. The summed E-state index contributed by atoms with van der Waals surface area (Å²) < 4.78 is 35.8. The smallest absolute Gasteiger partial charge is 0.165 e. The van der Waals surface area contributed by atoms with E-state index in [9.17, 15) is 8.78 Å². The van der Waals surface area contributed by atoms with E-state index in [1.807, 2.05) is 0 Å². The summed E-state index contributed by atoms with van der Waals surface area (Å²) in [7, 11) is 1.60. The Labute approximate surface area is 166 Å². The number of aromatic nitrogens is 4. The monoisotopic (exact) mass is 400 g/mol. The van der Waals surface area contributed by atoms with Crippen LogP contribution in [-0.2, 0) is 0 Å². The Morgan fingerprint density at radius 3 is 2.86 bits per heavy atom. The Bertz CT molecular complexity index is 1050. The summed E-state index contributed by atoms with van der Waals surface area (Å²) >= 11 is 0. The van der Waals surface area contributed by atoms with Gasteiger partial charge in [0.25, 0.3) is 0 Å². The van der Waals surface area contributed by atoms with E-state index in [1.54, 1.807) is 24.0 Å². The molecule has 2 atom stereocenters. The highest BCUT2D eigenvalue weighted by Gasteiger charge is 2.30. The van der Waals surface area contributed by atoms with Gasteiger partial charge in [0.15, 0.2) is 11.4 Å². The summed E-state index contributed by atoms with van der Waals surface area (Å²) in [4.78, 5) is 9.14. The summed E-state index contributed by atoms with van der Waals surface area (Å²) in [6.07, 6.45) is 4.91. The van der Waals surface area contributed by atoms with E-state index in [4.69, 9.17) is 9.72 Å². The average molecular weight is 400 g/mol. The first-order chi connectivity index (χ1) is 14.1. The maximum Gasteiger partial charge on any atom is 0.165 e. The highest BCUT2D eigenvalue weighted by Crippen LogP contribution is 2.43. The molecule has 1 aliphatic carbocycles. The molecule has 3 aromatic heterocycles. The lowest BCUT2D eigenvalue weighted by Gasteiger charge is -2.28. The number of rotatable bonds is 5. The summed E-state index contributed by atoms with van der Waals surface area (Å²) in [5, 5.41) is 10.5. The van der Waals surface area contributed by atoms with Crippen molar-refractivity contribution >= 4 is 11.5 Å². The van der Waals surface area contributed by atoms with Crippen LogP contribution in [0.2, 0.25) is 0 Å². The minimum absolute atomic E-state index is 0.142. The molecule has 0 spiro atoms. The van der Waals surface area contributed by atoms with Crippen LogP contribution in [-0.4, -0.2) is 52.0 Å². The summed E-state index contributed by atoms with van der Waals surface area (Å²) in [5.41, 5.74) is 2.03. The SMILES string of the molecule is COc1cn2ncc(-c3nc(NC4CNCCC4F)ccc3F)c2nc1C1CC1. The number of alkyl halides is 1. The molecule has 0 bridgehead atoms. The van der Waals surface area contributed by atoms with Crippen LogP contribution >= 0.6 is 0 Å². The van der Waals surface area contributed by atoms with Crippen molar-refractivity contribution in [2.24, 2.45) is 0 Å². The van der Waals surface area contributed by atoms with E-state index in [2.05, 4.69) is 20.7 Å². The minimum Gasteiger partial charge on any atom is -0.493 e. The molecule has 2 N–H and O–H groups in total. The summed E-state index contributed by atoms with van der Waals surface area (Å²) in [5.74, 6) is 0.990. The van der Waals surface area contributed by atoms with Gasteiger partial charge in [-0.25, -0.2) is 23.3 Å². The van der Waals surface area contributed by atoms with Gasteiger partial charge in [0, 0.05) is 12.5 Å². The zero-order valence-corrected chi connectivity index (χ0v) is 16.0. The number of anilines is 1. The molecule has 0 radical (unpaired) electrons. The van der Waals surface area contributed by atoms with Crippen molar-refractivity contribution in [3.63, 3.8) is 0 Å². The van der Waals surface area contributed by atoms with Gasteiger partial charge in [-0.15, -0.1) is 0 Å². The van der Waals surface area contributed by atoms with Crippen molar-refractivity contribution in [1.29, 1.82) is 0 Å². The number of nitrogens with one attached hydrogen (secondary N) is 2. The molecule has 1 aliphatic heterocycles. The fraction of sp³-hybridized carbons (Fsp3) is 0.450. The lowest BCUT2D eigenvalue weighted by Crippen LogP contribution is -2.46. The lowest BCUT2D eigenvalue weighted by atomic mass is 10.1. The Balaban J connectivity index is 1.53. The molecule has 1 saturated heterocycles. The van der Waals surface area contributed by atoms with Crippen LogP contribution in [0, 0.1) is 5.82 Å². The van der Waals surface area contributed by atoms with E-state index in [-0.39, 0.29) is 5.69 Å². The number of pyridine rings is 1. The zero-order chi connectivity index (χ0) is 20.0. The second-order valence-electron chi connectivity index (χ2n) is 7.58. The molecular weight excluding hydrogens is 378 g/mol. The predicted molar refractivity (Wildman–Crippen MR) is 104 cm³/mol. The van der Waals surface area contributed by atoms with Crippen LogP contribution in [0.3, 0.4) is 0 Å². The quantitative estimate of drug-likeness (QED) is 0.686. The van der Waals surface area contributed by atoms with E-state index in [1.165, 1.54) is 12.1 Å². The maximum atomic E-state index is 14.7. The van der Waals surface area contributed by atoms with Gasteiger partial charge < -0.3 is 15.4 Å². The van der Waals surface area contributed by atoms with Gasteiger partial charge in [-0.3, -0.25) is 0 Å². The molecule has 4 heterocycles. The second kappa shape index (κ2) is 7.22. The molecule has 0 aromatic carbocycles. The van der Waals surface area contributed by atoms with Crippen LogP contribution in [0.1, 0.15) is 30.9 Å². The fourth-order valence-electron chi connectivity index (χ4n) is 3.75. The largest absolute Gasteiger partial charge is 0.493 e. The van der Waals surface area contributed by atoms with Crippen LogP contribution < -0.4 is 15.4 Å². The molecule has 2 fully saturated rings. The van der Waals surface area contributed by atoms with Gasteiger partial charge in [0.1, 0.15) is 23.5 Å². The Morgan fingerprint density at radius 2 is 2.10 bits per heavy atom. The standard InChI is InChI=1S/C20H22F2N6O/c1-29-16-10-28-20(27-18(16)11-2-3-11)12(8-24-28)19-14(22)4-5-17(26-19)25-15-9-23-7-6-13(15)21/h4-5,8,10-11,13,15,23H,2-3,6-7,9H2,1H3,(H,25,26). The predicted octanol–water partition coefficient (Wildman–Crippen LogP) is 2.93. The minimum atomic E-state index is -0.973. The number of hydrogen-bond donors (Lipinski definition) is 2. The van der Waals surface area contributed by atoms with Crippen molar-refractivity contribution in [1.82, 2.24) is 24.9 Å². The molecule has 2 aliphatic rings. The third-order valence-corrected chi connectivity index (χ3v) is 5.50. The molecule has 9 heteroatoms. The molecule has 0 amide bonds. The first-order valence-corrected chi connectivity index (χ1v) is 9.84. The van der Waals surface area contributed by atoms with Gasteiger partial charge in [0.2, 0.25) is 0 Å². The van der Waals surface area contributed by atoms with Crippen molar-refractivity contribution in [3.8, 4) is 17.0 Å². The topological polar surface area (TPSA) is 76.4 Å². The molecule has 5 rings (SSSR count). The van der Waals surface area contributed by atoms with Crippen LogP contribution in [0.25, 0.3) is 16.9 Å². The third-order valence-electron chi connectivity index (χ3n) is 5.50. The van der Waals surface area contributed by atoms with Gasteiger partial charge in [-0.2, -0.15) is 5.10 Å². The molecule has 152 valence electrons. The molecular formula is C20H22F2N6O. The normalized spacial score (nSPS) is 22.0. The third kappa shape index (κ3) is 3.39. The van der Waals surface area contributed by atoms with Crippen LogP contribution in [0.5, 0.6) is 5.75 Å². The molecule has 2 unspecified atom stereocenters. The number of methoxy groups -OCH3 is 1. The number of hydrogen-bond acceptors (Lipinski definition) is 6.